The van der Waals surface area contributed by atoms with Crippen molar-refractivity contribution >= 4 is 60.8 Å². The maximum atomic E-state index is 17.4. The van der Waals surface area contributed by atoms with Crippen molar-refractivity contribution in [1.82, 2.24) is 34.5 Å². The molecule has 9 rings (SSSR count). The number of carbonyl (C=O) groups excluding carboxylic acids is 1. The monoisotopic (exact) mass is 817 g/mol. The molecule has 7 heterocycles. The largest absolute Gasteiger partial charge is 0.461 e. The first-order chi connectivity index (χ1) is 27.5. The van der Waals surface area contributed by atoms with Gasteiger partial charge in [-0.1, -0.05) is 24.6 Å². The lowest BCUT2D eigenvalue weighted by Crippen LogP contribution is -2.76. The number of likely N-dealkylation sites (tertiary alicyclic amines) is 1. The number of nitrogens with two attached hydrogens (primary N) is 1. The van der Waals surface area contributed by atoms with Crippen LogP contribution in [0.5, 0.6) is 6.01 Å². The molecule has 19 heteroatoms. The minimum atomic E-state index is -1.22. The molecule has 0 bridgehead atoms. The van der Waals surface area contributed by atoms with Gasteiger partial charge in [0.2, 0.25) is 0 Å². The average molecular weight is 818 g/mol. The van der Waals surface area contributed by atoms with E-state index in [1.807, 2.05) is 17.9 Å². The molecule has 0 saturated carbocycles. The van der Waals surface area contributed by atoms with Gasteiger partial charge in [-0.25, -0.2) is 22.9 Å². The number of nitrogen functional groups attached to an aromatic ring is 1. The van der Waals surface area contributed by atoms with E-state index in [1.165, 1.54) is 24.8 Å². The number of rotatable bonds is 7. The van der Waals surface area contributed by atoms with Crippen LogP contribution in [-0.2, 0) is 4.74 Å². The molecule has 5 aromatic rings. The highest BCUT2D eigenvalue weighted by Gasteiger charge is 2.59. The van der Waals surface area contributed by atoms with Crippen LogP contribution in [0.25, 0.3) is 32.1 Å². The van der Waals surface area contributed by atoms with E-state index in [1.54, 1.807) is 4.90 Å². The Bertz CT molecular complexity index is 2530. The fourth-order valence-electron chi connectivity index (χ4n) is 9.33. The zero-order valence-electron chi connectivity index (χ0n) is 30.6. The van der Waals surface area contributed by atoms with Gasteiger partial charge in [0.1, 0.15) is 53.7 Å². The highest BCUT2D eigenvalue weighted by Crippen LogP contribution is 2.49. The van der Waals surface area contributed by atoms with Crippen LogP contribution in [0.15, 0.2) is 30.9 Å². The minimum absolute atomic E-state index is 0.00593. The number of aromatic nitrogens is 5. The molecule has 0 aliphatic carbocycles. The first-order valence-electron chi connectivity index (χ1n) is 18.6. The lowest BCUT2D eigenvalue weighted by molar-refractivity contribution is -0.249. The van der Waals surface area contributed by atoms with Crippen LogP contribution in [0.2, 0.25) is 5.02 Å². The Balaban J connectivity index is 1.20. The Hall–Kier alpha value is -5.27. The van der Waals surface area contributed by atoms with Crippen LogP contribution in [0.4, 0.5) is 28.8 Å². The highest BCUT2D eigenvalue weighted by atomic mass is 35.5. The molecule has 2 N–H and O–H groups in total. The number of fused-ring (bicyclic) bond motifs is 3. The molecule has 14 nitrogen and oxygen atoms in total. The Kier molecular flexibility index (Phi) is 9.15. The van der Waals surface area contributed by atoms with Gasteiger partial charge >= 0.3 is 12.0 Å². The third kappa shape index (κ3) is 5.91. The quantitative estimate of drug-likeness (QED) is 0.191. The molecule has 4 saturated heterocycles. The number of halogens is 4. The molecular weight excluding hydrogens is 783 g/mol. The summed E-state index contributed by atoms with van der Waals surface area (Å²) in [5, 5.41) is 24.2. The molecule has 4 aliphatic heterocycles. The number of hydrogen-bond acceptors (Lipinski definition) is 13. The third-order valence-electron chi connectivity index (χ3n) is 11.8. The summed E-state index contributed by atoms with van der Waals surface area (Å²) in [6.07, 6.45) is 3.74. The molecular formula is C38H35ClF3N11O3S. The van der Waals surface area contributed by atoms with Gasteiger partial charge in [-0.15, -0.1) is 11.3 Å². The maximum absolute atomic E-state index is 17.4. The van der Waals surface area contributed by atoms with Crippen molar-refractivity contribution in [3.63, 3.8) is 0 Å². The Morgan fingerprint density at radius 3 is 2.82 bits per heavy atom. The Morgan fingerprint density at radius 1 is 1.23 bits per heavy atom. The summed E-state index contributed by atoms with van der Waals surface area (Å²) < 4.78 is 61.3. The number of anilines is 2. The van der Waals surface area contributed by atoms with E-state index in [2.05, 4.69) is 26.0 Å². The molecule has 1 amide bonds. The number of thiophene rings is 1. The fraction of sp³-hybridized carbons (Fsp3) is 0.447. The van der Waals surface area contributed by atoms with Gasteiger partial charge in [0.15, 0.2) is 11.5 Å². The van der Waals surface area contributed by atoms with E-state index < -0.39 is 41.2 Å². The van der Waals surface area contributed by atoms with Gasteiger partial charge in [0.05, 0.1) is 46.0 Å². The molecule has 3 aromatic heterocycles. The molecule has 57 heavy (non-hydrogen) atoms. The number of amides is 1. The second-order valence-corrected chi connectivity index (χ2v) is 16.5. The van der Waals surface area contributed by atoms with E-state index in [9.17, 15) is 19.7 Å². The van der Waals surface area contributed by atoms with Crippen LogP contribution in [0.1, 0.15) is 51.0 Å². The van der Waals surface area contributed by atoms with Gasteiger partial charge in [-0.2, -0.15) is 30.3 Å². The van der Waals surface area contributed by atoms with Crippen molar-refractivity contribution < 1.29 is 27.4 Å². The van der Waals surface area contributed by atoms with Crippen LogP contribution in [-0.4, -0.2) is 103 Å². The number of nitriles is 2. The number of hydrogen-bond donors (Lipinski definition) is 1. The summed E-state index contributed by atoms with van der Waals surface area (Å²) >= 11 is 7.84. The lowest BCUT2D eigenvalue weighted by atomic mass is 9.85. The molecule has 294 valence electrons. The van der Waals surface area contributed by atoms with Gasteiger partial charge in [-0.3, -0.25) is 9.80 Å². The van der Waals surface area contributed by atoms with Gasteiger partial charge in [-0.05, 0) is 43.5 Å². The van der Waals surface area contributed by atoms with E-state index in [0.717, 1.165) is 35.1 Å². The molecule has 5 atom stereocenters. The summed E-state index contributed by atoms with van der Waals surface area (Å²) in [5.41, 5.74) is 4.14. The topological polar surface area (TPSA) is 175 Å². The van der Waals surface area contributed by atoms with Crippen LogP contribution < -0.4 is 15.4 Å². The number of nitrogens with zero attached hydrogens (tertiary/aromatic N) is 10. The Labute approximate surface area is 333 Å². The first-order valence-corrected chi connectivity index (χ1v) is 19.8. The molecule has 0 radical (unpaired) electrons. The summed E-state index contributed by atoms with van der Waals surface area (Å²) in [6.45, 7) is 3.23. The predicted octanol–water partition coefficient (Wildman–Crippen LogP) is 6.41. The average Bonchev–Trinajstić information content (AvgIpc) is 3.98. The second kappa shape index (κ2) is 14.0. The number of benzene rings is 2. The predicted molar refractivity (Wildman–Crippen MR) is 204 cm³/mol. The zero-order valence-corrected chi connectivity index (χ0v) is 32.2. The second-order valence-electron chi connectivity index (χ2n) is 15.1. The number of morpholine rings is 1. The van der Waals surface area contributed by atoms with Crippen molar-refractivity contribution in [3.8, 4) is 29.3 Å². The minimum Gasteiger partial charge on any atom is -0.461 e. The van der Waals surface area contributed by atoms with Crippen LogP contribution in [0, 0.1) is 34.3 Å². The molecule has 4 fully saturated rings. The summed E-state index contributed by atoms with van der Waals surface area (Å²) in [4.78, 5) is 32.8. The van der Waals surface area contributed by atoms with Crippen molar-refractivity contribution in [1.29, 1.82) is 10.5 Å². The maximum Gasteiger partial charge on any atom is 0.348 e. The van der Waals surface area contributed by atoms with E-state index in [4.69, 9.17) is 31.8 Å². The summed E-state index contributed by atoms with van der Waals surface area (Å²) in [5.74, 6) is -1.30. The zero-order chi connectivity index (χ0) is 39.8. The van der Waals surface area contributed by atoms with Gasteiger partial charge in [0, 0.05) is 48.3 Å². The lowest BCUT2D eigenvalue weighted by Gasteiger charge is -2.61. The summed E-state index contributed by atoms with van der Waals surface area (Å²) in [6, 6.07) is 7.36. The highest BCUT2D eigenvalue weighted by molar-refractivity contribution is 7.23. The first kappa shape index (κ1) is 37.3. The van der Waals surface area contributed by atoms with Gasteiger partial charge < -0.3 is 20.1 Å². The molecule has 1 spiro atoms. The normalized spacial score (nSPS) is 25.8. The Morgan fingerprint density at radius 2 is 2.07 bits per heavy atom. The van der Waals surface area contributed by atoms with Crippen molar-refractivity contribution in [2.75, 3.05) is 43.4 Å². The smallest absolute Gasteiger partial charge is 0.348 e. The standard InChI is InChI=1S/C38H35ClF3N11O3S/c1-2-21-12-38(53(21)36(54)52-19-46-18-47-52)16-50(15-22(56-38)6-8-43)34-24-10-26(39)29(23-4-5-27(41)32-28(23)25(13-44)33(45)57-32)30(42)31(24)48-35(49-34)55-17-37-7-3-9-51(37)14-20(40)11-37/h4-5,10,18-22H,2-3,6-7,9,11-12,14-17,45H2,1H3/t20-,21?,22?,37+,38-/m1/s1. The van der Waals surface area contributed by atoms with E-state index in [-0.39, 0.29) is 98.1 Å². The number of alkyl halides is 1. The SMILES string of the molecule is CCC1C[C@@]2(CN(c3nc(OC[C@@]45CCCN4C[C@H](F)C5)nc4c(F)c(-c5ccc(F)c6sc(N)c(C#N)c56)c(Cl)cc34)CC(CC#N)O2)N1C(=O)n1cncn1. The molecule has 4 aliphatic rings. The van der Waals surface area contributed by atoms with Crippen LogP contribution >= 0.6 is 22.9 Å². The van der Waals surface area contributed by atoms with Crippen molar-refractivity contribution in [2.24, 2.45) is 0 Å². The van der Waals surface area contributed by atoms with E-state index in [0.29, 0.717) is 25.8 Å². The van der Waals surface area contributed by atoms with Crippen molar-refractivity contribution in [3.05, 3.63) is 53.1 Å². The molecule has 2 aromatic carbocycles. The summed E-state index contributed by atoms with van der Waals surface area (Å²) in [7, 11) is 0. The third-order valence-corrected chi connectivity index (χ3v) is 13.1. The van der Waals surface area contributed by atoms with Crippen molar-refractivity contribution in [2.45, 2.75) is 75.0 Å². The van der Waals surface area contributed by atoms with E-state index >= 15 is 8.78 Å². The number of ether oxygens (including phenoxy) is 2. The van der Waals surface area contributed by atoms with Gasteiger partial charge in [0.25, 0.3) is 0 Å². The van der Waals surface area contributed by atoms with Crippen LogP contribution in [0.3, 0.4) is 0 Å². The molecule has 2 unspecified atom stereocenters. The fourth-order valence-corrected chi connectivity index (χ4v) is 10.6. The number of carbonyl (C=O) groups is 1.